The lowest BCUT2D eigenvalue weighted by atomic mass is 10.2. The molecule has 0 fully saturated rings. The normalized spacial score (nSPS) is 14.5. The molecule has 0 amide bonds. The Bertz CT molecular complexity index is 452. The van der Waals surface area contributed by atoms with Gasteiger partial charge >= 0.3 is 0 Å². The minimum atomic E-state index is -4.02. The fourth-order valence-electron chi connectivity index (χ4n) is 1.20. The van der Waals surface area contributed by atoms with Crippen molar-refractivity contribution in [2.75, 3.05) is 6.61 Å². The van der Waals surface area contributed by atoms with Crippen LogP contribution in [-0.4, -0.2) is 19.6 Å². The molecule has 1 aromatic carbocycles. The first-order valence-electron chi connectivity index (χ1n) is 5.31. The summed E-state index contributed by atoms with van der Waals surface area (Å²) < 4.78 is 34.4. The van der Waals surface area contributed by atoms with Gasteiger partial charge in [0, 0.05) is 0 Å². The fourth-order valence-corrected chi connectivity index (χ4v) is 1.68. The zero-order valence-corrected chi connectivity index (χ0v) is 10.5. The monoisotopic (exact) mass is 256 g/mol. The highest BCUT2D eigenvalue weighted by Crippen LogP contribution is 2.08. The summed E-state index contributed by atoms with van der Waals surface area (Å²) in [6.45, 7) is 2.75. The molecule has 0 saturated carbocycles. The standard InChI is InChI=1S/C7H8O3S.C5H8O/c1-6-2-4-7(5-3-6)11(8,9)10;1-2-4-6-5-3-1/h2-5H,1H3,(H,8,9,10);2,4H,1,3,5H2. The van der Waals surface area contributed by atoms with Crippen LogP contribution >= 0.6 is 0 Å². The van der Waals surface area contributed by atoms with E-state index in [-0.39, 0.29) is 4.90 Å². The van der Waals surface area contributed by atoms with Crippen LogP contribution in [0.1, 0.15) is 18.4 Å². The molecule has 1 aliphatic heterocycles. The van der Waals surface area contributed by atoms with Crippen LogP contribution in [0.25, 0.3) is 0 Å². The number of rotatable bonds is 1. The first-order chi connectivity index (χ1) is 8.00. The Labute approximate surface area is 102 Å². The van der Waals surface area contributed by atoms with Crippen molar-refractivity contribution >= 4 is 10.1 Å². The fraction of sp³-hybridized carbons (Fsp3) is 0.333. The third-order valence-corrected chi connectivity index (χ3v) is 3.01. The van der Waals surface area contributed by atoms with Crippen molar-refractivity contribution in [2.45, 2.75) is 24.7 Å². The van der Waals surface area contributed by atoms with E-state index >= 15 is 0 Å². The summed E-state index contributed by atoms with van der Waals surface area (Å²) in [4.78, 5) is -0.0666. The molecule has 0 spiro atoms. The predicted octanol–water partition coefficient (Wildman–Crippen LogP) is 2.55. The first-order valence-corrected chi connectivity index (χ1v) is 6.75. The van der Waals surface area contributed by atoms with Gasteiger partial charge in [-0.15, -0.1) is 0 Å². The van der Waals surface area contributed by atoms with Crippen LogP contribution in [0, 0.1) is 6.92 Å². The van der Waals surface area contributed by atoms with Gasteiger partial charge in [-0.25, -0.2) is 0 Å². The Balaban J connectivity index is 0.000000202. The van der Waals surface area contributed by atoms with Crippen LogP contribution < -0.4 is 0 Å². The highest BCUT2D eigenvalue weighted by molar-refractivity contribution is 7.85. The molecule has 0 atom stereocenters. The van der Waals surface area contributed by atoms with Gasteiger partial charge in [-0.2, -0.15) is 8.42 Å². The largest absolute Gasteiger partial charge is 0.502 e. The summed E-state index contributed by atoms with van der Waals surface area (Å²) in [6.07, 6.45) is 6.20. The smallest absolute Gasteiger partial charge is 0.294 e. The zero-order chi connectivity index (χ0) is 12.7. The van der Waals surface area contributed by atoms with Gasteiger partial charge in [0.15, 0.2) is 0 Å². The second kappa shape index (κ2) is 6.42. The maximum atomic E-state index is 10.5. The molecule has 1 aliphatic rings. The molecule has 1 heterocycles. The number of hydrogen-bond donors (Lipinski definition) is 1. The van der Waals surface area contributed by atoms with Gasteiger partial charge in [-0.1, -0.05) is 17.7 Å². The van der Waals surface area contributed by atoms with Crippen molar-refractivity contribution in [3.63, 3.8) is 0 Å². The van der Waals surface area contributed by atoms with Gasteiger partial charge in [0.25, 0.3) is 10.1 Å². The summed E-state index contributed by atoms with van der Waals surface area (Å²) in [5.41, 5.74) is 0.956. The van der Waals surface area contributed by atoms with Crippen molar-refractivity contribution in [1.29, 1.82) is 0 Å². The van der Waals surface area contributed by atoms with Crippen molar-refractivity contribution < 1.29 is 17.7 Å². The lowest BCUT2D eigenvalue weighted by Gasteiger charge is -2.01. The van der Waals surface area contributed by atoms with Crippen molar-refractivity contribution in [3.05, 3.63) is 42.2 Å². The van der Waals surface area contributed by atoms with E-state index < -0.39 is 10.1 Å². The van der Waals surface area contributed by atoms with E-state index in [2.05, 4.69) is 0 Å². The predicted molar refractivity (Wildman–Crippen MR) is 65.3 cm³/mol. The molecule has 0 aromatic heterocycles. The maximum absolute atomic E-state index is 10.5. The van der Waals surface area contributed by atoms with E-state index in [0.717, 1.165) is 12.2 Å². The minimum Gasteiger partial charge on any atom is -0.502 e. The molecule has 0 radical (unpaired) electrons. The van der Waals surface area contributed by atoms with Gasteiger partial charge < -0.3 is 4.74 Å². The summed E-state index contributed by atoms with van der Waals surface area (Å²) in [6, 6.07) is 5.99. The number of benzene rings is 1. The lowest BCUT2D eigenvalue weighted by Crippen LogP contribution is -1.96. The van der Waals surface area contributed by atoms with Gasteiger partial charge in [0.2, 0.25) is 0 Å². The molecule has 17 heavy (non-hydrogen) atoms. The highest BCUT2D eigenvalue weighted by Gasteiger charge is 2.06. The molecule has 1 N–H and O–H groups in total. The topological polar surface area (TPSA) is 63.6 Å². The van der Waals surface area contributed by atoms with Crippen molar-refractivity contribution in [1.82, 2.24) is 0 Å². The maximum Gasteiger partial charge on any atom is 0.294 e. The van der Waals surface area contributed by atoms with Gasteiger partial charge in [0.1, 0.15) is 0 Å². The summed E-state index contributed by atoms with van der Waals surface area (Å²) in [7, 11) is -4.02. The van der Waals surface area contributed by atoms with E-state index in [4.69, 9.17) is 9.29 Å². The van der Waals surface area contributed by atoms with Crippen LogP contribution in [-0.2, 0) is 14.9 Å². The first kappa shape index (κ1) is 13.7. The van der Waals surface area contributed by atoms with E-state index in [1.54, 1.807) is 18.4 Å². The Morgan fingerprint density at radius 1 is 1.24 bits per heavy atom. The number of aryl methyl sites for hydroxylation is 1. The Morgan fingerprint density at radius 3 is 2.18 bits per heavy atom. The molecular weight excluding hydrogens is 240 g/mol. The van der Waals surface area contributed by atoms with E-state index in [1.165, 1.54) is 25.0 Å². The van der Waals surface area contributed by atoms with Crippen LogP contribution in [0.15, 0.2) is 41.5 Å². The highest BCUT2D eigenvalue weighted by atomic mass is 32.2. The Hall–Kier alpha value is -1.33. The van der Waals surface area contributed by atoms with Crippen LogP contribution in [0.3, 0.4) is 0 Å². The quantitative estimate of drug-likeness (QED) is 0.784. The van der Waals surface area contributed by atoms with E-state index in [9.17, 15) is 8.42 Å². The van der Waals surface area contributed by atoms with Crippen molar-refractivity contribution in [2.24, 2.45) is 0 Å². The molecule has 0 saturated heterocycles. The van der Waals surface area contributed by atoms with E-state index in [0.29, 0.717) is 0 Å². The molecule has 2 rings (SSSR count). The molecule has 5 heteroatoms. The van der Waals surface area contributed by atoms with Crippen LogP contribution in [0.4, 0.5) is 0 Å². The summed E-state index contributed by atoms with van der Waals surface area (Å²) >= 11 is 0. The second-order valence-corrected chi connectivity index (χ2v) is 5.09. The lowest BCUT2D eigenvalue weighted by molar-refractivity contribution is 0.231. The summed E-state index contributed by atoms with van der Waals surface area (Å²) in [5, 5.41) is 0. The molecule has 0 bridgehead atoms. The average molecular weight is 256 g/mol. The molecule has 4 nitrogen and oxygen atoms in total. The molecular formula is C12H16O4S. The zero-order valence-electron chi connectivity index (χ0n) is 9.67. The molecule has 94 valence electrons. The Kier molecular flexibility index (Phi) is 5.18. The summed E-state index contributed by atoms with van der Waals surface area (Å²) in [5.74, 6) is 0. The molecule has 0 aliphatic carbocycles. The van der Waals surface area contributed by atoms with Gasteiger partial charge in [-0.05, 0) is 38.0 Å². The average Bonchev–Trinajstić information content (AvgIpc) is 2.31. The number of hydrogen-bond acceptors (Lipinski definition) is 3. The van der Waals surface area contributed by atoms with Crippen LogP contribution in [0.5, 0.6) is 0 Å². The molecule has 1 aromatic rings. The third-order valence-electron chi connectivity index (χ3n) is 2.14. The number of ether oxygens (including phenoxy) is 1. The van der Waals surface area contributed by atoms with Crippen molar-refractivity contribution in [3.8, 4) is 0 Å². The van der Waals surface area contributed by atoms with E-state index in [1.807, 2.05) is 13.0 Å². The second-order valence-electron chi connectivity index (χ2n) is 3.67. The van der Waals surface area contributed by atoms with Gasteiger partial charge in [-0.3, -0.25) is 4.55 Å². The van der Waals surface area contributed by atoms with Gasteiger partial charge in [0.05, 0.1) is 17.8 Å². The Morgan fingerprint density at radius 2 is 1.88 bits per heavy atom. The molecule has 0 unspecified atom stereocenters. The third kappa shape index (κ3) is 5.51. The number of allylic oxidation sites excluding steroid dienone is 1. The minimum absolute atomic E-state index is 0.0666. The SMILES string of the molecule is C1=COCCC1.Cc1ccc(S(=O)(=O)O)cc1. The van der Waals surface area contributed by atoms with Crippen LogP contribution in [0.2, 0.25) is 0 Å².